The van der Waals surface area contributed by atoms with E-state index in [-0.39, 0.29) is 6.61 Å². The summed E-state index contributed by atoms with van der Waals surface area (Å²) < 4.78 is 7.42. The summed E-state index contributed by atoms with van der Waals surface area (Å²) in [5.74, 6) is 0.493. The summed E-state index contributed by atoms with van der Waals surface area (Å²) >= 11 is 0. The van der Waals surface area contributed by atoms with E-state index in [0.717, 1.165) is 11.4 Å². The molecule has 0 spiro atoms. The summed E-state index contributed by atoms with van der Waals surface area (Å²) in [5.41, 5.74) is 5.77. The number of para-hydroxylation sites is 1. The molecule has 1 aromatic heterocycles. The molecule has 110 valence electrons. The summed E-state index contributed by atoms with van der Waals surface area (Å²) in [5, 5.41) is 18.9. The Labute approximate surface area is 124 Å². The van der Waals surface area contributed by atoms with E-state index in [9.17, 15) is 5.11 Å². The van der Waals surface area contributed by atoms with Gasteiger partial charge in [0.25, 0.3) is 0 Å². The highest BCUT2D eigenvalue weighted by Crippen LogP contribution is 2.16. The van der Waals surface area contributed by atoms with Gasteiger partial charge in [0.1, 0.15) is 24.5 Å². The summed E-state index contributed by atoms with van der Waals surface area (Å²) in [6.07, 6.45) is -0.669. The lowest BCUT2D eigenvalue weighted by Crippen LogP contribution is -2.31. The van der Waals surface area contributed by atoms with Crippen LogP contribution in [0.25, 0.3) is 0 Å². The summed E-state index contributed by atoms with van der Waals surface area (Å²) in [7, 11) is 0. The van der Waals surface area contributed by atoms with Gasteiger partial charge >= 0.3 is 0 Å². The second-order valence-corrected chi connectivity index (χ2v) is 4.89. The van der Waals surface area contributed by atoms with E-state index in [1.165, 1.54) is 0 Å². The molecule has 0 fully saturated rings. The third-order valence-corrected chi connectivity index (χ3v) is 3.19. The lowest BCUT2D eigenvalue weighted by molar-refractivity contribution is 0.115. The van der Waals surface area contributed by atoms with Crippen LogP contribution in [0.3, 0.4) is 0 Å². The van der Waals surface area contributed by atoms with E-state index in [2.05, 4.69) is 11.5 Å². The quantitative estimate of drug-likeness (QED) is 0.851. The molecule has 0 aliphatic carbocycles. The van der Waals surface area contributed by atoms with E-state index in [1.807, 2.05) is 30.7 Å². The largest absolute Gasteiger partial charge is 0.489 e. The van der Waals surface area contributed by atoms with Gasteiger partial charge in [-0.25, -0.2) is 0 Å². The van der Waals surface area contributed by atoms with E-state index >= 15 is 0 Å². The molecule has 2 N–H and O–H groups in total. The Kier molecular flexibility index (Phi) is 4.85. The molecular formula is C16H19N3O2. The van der Waals surface area contributed by atoms with Crippen LogP contribution in [0.4, 0.5) is 0 Å². The average molecular weight is 285 g/mol. The normalized spacial score (nSPS) is 11.7. The number of hydrogen-bond donors (Lipinski definition) is 2. The number of nitriles is 1. The van der Waals surface area contributed by atoms with Gasteiger partial charge in [0.2, 0.25) is 0 Å². The number of aryl methyl sites for hydroxylation is 2. The standard InChI is InChI=1S/C16H19N3O2/c1-12-7-8-13(2)19(12)18-10-15(20)11-21-16-6-4-3-5-14(16)9-17/h3-8,15,18,20H,10-11H2,1-2H3. The number of aromatic nitrogens is 1. The van der Waals surface area contributed by atoms with Crippen molar-refractivity contribution >= 4 is 0 Å². The molecule has 0 radical (unpaired) electrons. The summed E-state index contributed by atoms with van der Waals surface area (Å²) in [6.45, 7) is 4.48. The van der Waals surface area contributed by atoms with Crippen LogP contribution in [0.2, 0.25) is 0 Å². The van der Waals surface area contributed by atoms with Crippen LogP contribution in [0.15, 0.2) is 36.4 Å². The highest BCUT2D eigenvalue weighted by Gasteiger charge is 2.09. The number of aliphatic hydroxyl groups excluding tert-OH is 1. The number of ether oxygens (including phenoxy) is 1. The van der Waals surface area contributed by atoms with Crippen molar-refractivity contribution in [2.24, 2.45) is 0 Å². The van der Waals surface area contributed by atoms with Crippen LogP contribution in [0, 0.1) is 25.2 Å². The second-order valence-electron chi connectivity index (χ2n) is 4.89. The Morgan fingerprint density at radius 3 is 2.57 bits per heavy atom. The molecule has 1 unspecified atom stereocenters. The van der Waals surface area contributed by atoms with Crippen LogP contribution >= 0.6 is 0 Å². The fourth-order valence-corrected chi connectivity index (χ4v) is 2.04. The first-order chi connectivity index (χ1) is 10.1. The second kappa shape index (κ2) is 6.82. The molecule has 2 rings (SSSR count). The molecule has 2 aromatic rings. The molecule has 0 bridgehead atoms. The molecule has 1 heterocycles. The lowest BCUT2D eigenvalue weighted by atomic mass is 10.2. The van der Waals surface area contributed by atoms with Crippen molar-refractivity contribution in [1.29, 1.82) is 5.26 Å². The first-order valence-electron chi connectivity index (χ1n) is 6.80. The third-order valence-electron chi connectivity index (χ3n) is 3.19. The topological polar surface area (TPSA) is 70.2 Å². The van der Waals surface area contributed by atoms with Gasteiger partial charge in [0.05, 0.1) is 12.1 Å². The lowest BCUT2D eigenvalue weighted by Gasteiger charge is -2.17. The van der Waals surface area contributed by atoms with Gasteiger partial charge in [-0.1, -0.05) is 12.1 Å². The first kappa shape index (κ1) is 14.9. The zero-order valence-corrected chi connectivity index (χ0v) is 12.2. The minimum Gasteiger partial charge on any atom is -0.489 e. The molecule has 0 saturated carbocycles. The molecule has 0 saturated heterocycles. The molecule has 5 heteroatoms. The minimum absolute atomic E-state index is 0.130. The van der Waals surface area contributed by atoms with Crippen LogP contribution in [-0.2, 0) is 0 Å². The Bertz CT molecular complexity index is 624. The van der Waals surface area contributed by atoms with Gasteiger partial charge < -0.3 is 15.3 Å². The first-order valence-corrected chi connectivity index (χ1v) is 6.80. The van der Waals surface area contributed by atoms with Gasteiger partial charge in [-0.3, -0.25) is 4.68 Å². The maximum absolute atomic E-state index is 9.97. The van der Waals surface area contributed by atoms with Crippen LogP contribution < -0.4 is 10.2 Å². The van der Waals surface area contributed by atoms with Crippen LogP contribution in [0.5, 0.6) is 5.75 Å². The maximum atomic E-state index is 9.97. The summed E-state index contributed by atoms with van der Waals surface area (Å²) in [4.78, 5) is 0. The Morgan fingerprint density at radius 2 is 1.90 bits per heavy atom. The Hall–Kier alpha value is -2.45. The molecular weight excluding hydrogens is 266 g/mol. The SMILES string of the molecule is Cc1ccc(C)n1NCC(O)COc1ccccc1C#N. The van der Waals surface area contributed by atoms with E-state index < -0.39 is 6.10 Å². The molecule has 1 atom stereocenters. The monoisotopic (exact) mass is 285 g/mol. The predicted molar refractivity (Wildman–Crippen MR) is 80.8 cm³/mol. The van der Waals surface area contributed by atoms with Crippen molar-refractivity contribution in [3.05, 3.63) is 53.3 Å². The Morgan fingerprint density at radius 1 is 1.24 bits per heavy atom. The van der Waals surface area contributed by atoms with Crippen molar-refractivity contribution < 1.29 is 9.84 Å². The number of benzene rings is 1. The van der Waals surface area contributed by atoms with Gasteiger partial charge in [-0.05, 0) is 38.1 Å². The number of hydrogen-bond acceptors (Lipinski definition) is 4. The predicted octanol–water partition coefficient (Wildman–Crippen LogP) is 1.96. The number of rotatable bonds is 6. The number of nitrogens with one attached hydrogen (secondary N) is 1. The zero-order chi connectivity index (χ0) is 15.2. The molecule has 0 amide bonds. The van der Waals surface area contributed by atoms with Crippen molar-refractivity contribution in [2.75, 3.05) is 18.6 Å². The highest BCUT2D eigenvalue weighted by atomic mass is 16.5. The van der Waals surface area contributed by atoms with Crippen molar-refractivity contribution in [1.82, 2.24) is 4.68 Å². The zero-order valence-electron chi connectivity index (χ0n) is 12.2. The molecule has 5 nitrogen and oxygen atoms in total. The smallest absolute Gasteiger partial charge is 0.137 e. The van der Waals surface area contributed by atoms with Crippen molar-refractivity contribution in [2.45, 2.75) is 20.0 Å². The average Bonchev–Trinajstić information content (AvgIpc) is 2.82. The molecule has 1 aromatic carbocycles. The van der Waals surface area contributed by atoms with E-state index in [0.29, 0.717) is 17.9 Å². The maximum Gasteiger partial charge on any atom is 0.137 e. The summed E-state index contributed by atoms with van der Waals surface area (Å²) in [6, 6.07) is 13.1. The number of nitrogens with zero attached hydrogens (tertiary/aromatic N) is 2. The third kappa shape index (κ3) is 3.77. The Balaban J connectivity index is 1.85. The molecule has 0 aliphatic heterocycles. The van der Waals surface area contributed by atoms with E-state index in [1.54, 1.807) is 24.3 Å². The van der Waals surface area contributed by atoms with Crippen LogP contribution in [-0.4, -0.2) is 29.0 Å². The minimum atomic E-state index is -0.669. The fraction of sp³-hybridized carbons (Fsp3) is 0.312. The van der Waals surface area contributed by atoms with Crippen molar-refractivity contribution in [3.63, 3.8) is 0 Å². The van der Waals surface area contributed by atoms with Crippen molar-refractivity contribution in [3.8, 4) is 11.8 Å². The van der Waals surface area contributed by atoms with Gasteiger partial charge in [-0.15, -0.1) is 0 Å². The van der Waals surface area contributed by atoms with E-state index in [4.69, 9.17) is 10.00 Å². The molecule has 21 heavy (non-hydrogen) atoms. The van der Waals surface area contributed by atoms with Crippen LogP contribution in [0.1, 0.15) is 17.0 Å². The molecule has 0 aliphatic rings. The van der Waals surface area contributed by atoms with Gasteiger partial charge in [0.15, 0.2) is 0 Å². The highest BCUT2D eigenvalue weighted by molar-refractivity contribution is 5.42. The van der Waals surface area contributed by atoms with Gasteiger partial charge in [0, 0.05) is 11.4 Å². The fourth-order valence-electron chi connectivity index (χ4n) is 2.04. The number of aliphatic hydroxyl groups is 1. The van der Waals surface area contributed by atoms with Gasteiger partial charge in [-0.2, -0.15) is 5.26 Å².